The minimum Gasteiger partial charge on any atom is -0.497 e. The van der Waals surface area contributed by atoms with Crippen molar-refractivity contribution in [2.24, 2.45) is 5.92 Å². The van der Waals surface area contributed by atoms with Crippen LogP contribution in [0.3, 0.4) is 0 Å². The molecule has 1 aliphatic rings. The van der Waals surface area contributed by atoms with Crippen LogP contribution < -0.4 is 14.4 Å². The second-order valence-electron chi connectivity index (χ2n) is 7.21. The number of hydrogen-bond donors (Lipinski definition) is 1. The number of carbonyl (C=O) groups excluding carboxylic acids is 1. The van der Waals surface area contributed by atoms with Gasteiger partial charge in [0.1, 0.15) is 11.6 Å². The smallest absolute Gasteiger partial charge is 0.303 e. The zero-order valence-corrected chi connectivity index (χ0v) is 17.9. The Morgan fingerprint density at radius 3 is 2.50 bits per heavy atom. The topological polar surface area (TPSA) is 79.0 Å². The zero-order valence-electron chi connectivity index (χ0n) is 17.0. The maximum Gasteiger partial charge on any atom is 0.303 e. The van der Waals surface area contributed by atoms with E-state index in [4.69, 9.17) is 4.74 Å². The predicted molar refractivity (Wildman–Crippen MR) is 113 cm³/mol. The summed E-state index contributed by atoms with van der Waals surface area (Å²) in [5.41, 5.74) is 1.29. The highest BCUT2D eigenvalue weighted by Gasteiger charge is 2.34. The van der Waals surface area contributed by atoms with Crippen LogP contribution in [0.25, 0.3) is 0 Å². The summed E-state index contributed by atoms with van der Waals surface area (Å²) in [4.78, 5) is 12.6. The first-order valence-electron chi connectivity index (χ1n) is 9.71. The molecule has 2 aromatic carbocycles. The fourth-order valence-corrected chi connectivity index (χ4v) is 4.86. The number of methoxy groups -OCH3 is 1. The van der Waals surface area contributed by atoms with Crippen molar-refractivity contribution in [3.05, 3.63) is 59.9 Å². The Balaban J connectivity index is 1.61. The van der Waals surface area contributed by atoms with Gasteiger partial charge in [-0.15, -0.1) is 0 Å². The maximum absolute atomic E-state index is 13.1. The van der Waals surface area contributed by atoms with Gasteiger partial charge in [-0.2, -0.15) is 12.7 Å². The maximum atomic E-state index is 13.1. The molecule has 0 radical (unpaired) electrons. The first-order chi connectivity index (χ1) is 14.3. The van der Waals surface area contributed by atoms with Crippen LogP contribution in [0.2, 0.25) is 0 Å². The van der Waals surface area contributed by atoms with Crippen molar-refractivity contribution >= 4 is 21.8 Å². The molecule has 9 heteroatoms. The molecule has 1 fully saturated rings. The number of nitrogens with zero attached hydrogens (tertiary/aromatic N) is 2. The van der Waals surface area contributed by atoms with Gasteiger partial charge in [-0.05, 0) is 54.8 Å². The molecule has 0 bridgehead atoms. The minimum absolute atomic E-state index is 0.113. The molecule has 2 aromatic rings. The normalized spacial score (nSPS) is 17.4. The van der Waals surface area contributed by atoms with Crippen LogP contribution in [0, 0.1) is 11.7 Å². The first kappa shape index (κ1) is 22.0. The second kappa shape index (κ2) is 9.44. The van der Waals surface area contributed by atoms with E-state index in [0.717, 1.165) is 15.6 Å². The lowest BCUT2D eigenvalue weighted by atomic mass is 9.99. The van der Waals surface area contributed by atoms with E-state index in [0.29, 0.717) is 31.6 Å². The molecule has 162 valence electrons. The monoisotopic (exact) mass is 435 g/mol. The van der Waals surface area contributed by atoms with Crippen LogP contribution in [0.1, 0.15) is 18.4 Å². The van der Waals surface area contributed by atoms with Crippen LogP contribution in [0.15, 0.2) is 48.5 Å². The molecule has 1 aliphatic heterocycles. The van der Waals surface area contributed by atoms with Gasteiger partial charge in [0.2, 0.25) is 5.91 Å². The van der Waals surface area contributed by atoms with E-state index in [9.17, 15) is 17.6 Å². The number of carbonyl (C=O) groups is 1. The fraction of sp³-hybridized carbons (Fsp3) is 0.381. The van der Waals surface area contributed by atoms with E-state index >= 15 is 0 Å². The lowest BCUT2D eigenvalue weighted by molar-refractivity contribution is -0.126. The summed E-state index contributed by atoms with van der Waals surface area (Å²) in [5, 5.41) is 2.89. The van der Waals surface area contributed by atoms with Crippen molar-refractivity contribution in [3.63, 3.8) is 0 Å². The van der Waals surface area contributed by atoms with Gasteiger partial charge in [0.05, 0.1) is 18.7 Å². The zero-order chi connectivity index (χ0) is 21.7. The molecule has 0 unspecified atom stereocenters. The molecule has 0 aromatic heterocycles. The molecule has 7 nitrogen and oxygen atoms in total. The van der Waals surface area contributed by atoms with Gasteiger partial charge in [-0.1, -0.05) is 12.1 Å². The molecular weight excluding hydrogens is 409 g/mol. The standard InChI is InChI=1S/C21H26FN3O4S/c1-24(19-9-7-18(22)8-10-19)30(27,28)25-13-3-4-17(15-25)21(26)23-14-16-5-11-20(29-2)12-6-16/h5-12,17H,3-4,13-15H2,1-2H3,(H,23,26)/t17-/m0/s1. The Hall–Kier alpha value is -2.65. The lowest BCUT2D eigenvalue weighted by Crippen LogP contribution is -2.49. The lowest BCUT2D eigenvalue weighted by Gasteiger charge is -2.34. The molecular formula is C21H26FN3O4S. The molecule has 0 spiro atoms. The summed E-state index contributed by atoms with van der Waals surface area (Å²) in [6.07, 6.45) is 1.22. The van der Waals surface area contributed by atoms with Crippen molar-refractivity contribution in [2.45, 2.75) is 19.4 Å². The number of rotatable bonds is 7. The molecule has 1 saturated heterocycles. The van der Waals surface area contributed by atoms with Crippen molar-refractivity contribution < 1.29 is 22.3 Å². The van der Waals surface area contributed by atoms with Crippen molar-refractivity contribution in [1.82, 2.24) is 9.62 Å². The van der Waals surface area contributed by atoms with E-state index in [-0.39, 0.29) is 12.5 Å². The average Bonchev–Trinajstić information content (AvgIpc) is 2.78. The Labute approximate surface area is 176 Å². The molecule has 0 aliphatic carbocycles. The number of nitrogens with one attached hydrogen (secondary N) is 1. The first-order valence-corrected chi connectivity index (χ1v) is 11.1. The van der Waals surface area contributed by atoms with E-state index in [1.165, 1.54) is 35.6 Å². The van der Waals surface area contributed by atoms with Gasteiger partial charge in [-0.25, -0.2) is 4.39 Å². The Bertz CT molecular complexity index is 965. The van der Waals surface area contributed by atoms with Crippen LogP contribution in [-0.2, 0) is 21.5 Å². The van der Waals surface area contributed by atoms with Crippen molar-refractivity contribution in [2.75, 3.05) is 31.6 Å². The van der Waals surface area contributed by atoms with Crippen LogP contribution >= 0.6 is 0 Å². The molecule has 3 rings (SSSR count). The Kier molecular flexibility index (Phi) is 6.94. The van der Waals surface area contributed by atoms with Gasteiger partial charge < -0.3 is 10.1 Å². The molecule has 1 atom stereocenters. The predicted octanol–water partition coefficient (Wildman–Crippen LogP) is 2.54. The number of anilines is 1. The number of amides is 1. The number of piperidine rings is 1. The molecule has 1 amide bonds. The molecule has 1 N–H and O–H groups in total. The number of benzene rings is 2. The van der Waals surface area contributed by atoms with Crippen LogP contribution in [0.4, 0.5) is 10.1 Å². The van der Waals surface area contributed by atoms with Crippen molar-refractivity contribution in [1.29, 1.82) is 0 Å². The minimum atomic E-state index is -3.82. The summed E-state index contributed by atoms with van der Waals surface area (Å²) in [6, 6.07) is 12.6. The Morgan fingerprint density at radius 2 is 1.87 bits per heavy atom. The largest absolute Gasteiger partial charge is 0.497 e. The molecule has 1 heterocycles. The Morgan fingerprint density at radius 1 is 1.20 bits per heavy atom. The van der Waals surface area contributed by atoms with Gasteiger partial charge in [-0.3, -0.25) is 9.10 Å². The van der Waals surface area contributed by atoms with E-state index in [2.05, 4.69) is 5.32 Å². The summed E-state index contributed by atoms with van der Waals surface area (Å²) < 4.78 is 46.7. The average molecular weight is 436 g/mol. The number of hydrogen-bond acceptors (Lipinski definition) is 4. The summed E-state index contributed by atoms with van der Waals surface area (Å²) in [6.45, 7) is 0.819. The molecule has 30 heavy (non-hydrogen) atoms. The third-order valence-electron chi connectivity index (χ3n) is 5.24. The van der Waals surface area contributed by atoms with Gasteiger partial charge in [0, 0.05) is 26.7 Å². The van der Waals surface area contributed by atoms with Gasteiger partial charge in [0.15, 0.2) is 0 Å². The second-order valence-corrected chi connectivity index (χ2v) is 9.17. The number of ether oxygens (including phenoxy) is 1. The highest BCUT2D eigenvalue weighted by atomic mass is 32.2. The number of halogens is 1. The van der Waals surface area contributed by atoms with E-state index in [1.807, 2.05) is 24.3 Å². The van der Waals surface area contributed by atoms with Crippen LogP contribution in [0.5, 0.6) is 5.75 Å². The van der Waals surface area contributed by atoms with Crippen LogP contribution in [-0.4, -0.2) is 45.9 Å². The summed E-state index contributed by atoms with van der Waals surface area (Å²) >= 11 is 0. The SMILES string of the molecule is COc1ccc(CNC(=O)[C@H]2CCCN(S(=O)(=O)N(C)c3ccc(F)cc3)C2)cc1. The van der Waals surface area contributed by atoms with E-state index < -0.39 is 21.9 Å². The fourth-order valence-electron chi connectivity index (χ4n) is 3.40. The molecule has 0 saturated carbocycles. The third-order valence-corrected chi connectivity index (χ3v) is 7.13. The highest BCUT2D eigenvalue weighted by Crippen LogP contribution is 2.24. The highest BCUT2D eigenvalue weighted by molar-refractivity contribution is 7.90. The van der Waals surface area contributed by atoms with Gasteiger partial charge >= 0.3 is 10.2 Å². The summed E-state index contributed by atoms with van der Waals surface area (Å²) in [5.74, 6) is -0.289. The third kappa shape index (κ3) is 5.09. The van der Waals surface area contributed by atoms with E-state index in [1.54, 1.807) is 7.11 Å². The quantitative estimate of drug-likeness (QED) is 0.725. The summed E-state index contributed by atoms with van der Waals surface area (Å²) in [7, 11) is -0.802. The van der Waals surface area contributed by atoms with Gasteiger partial charge in [0.25, 0.3) is 0 Å². The van der Waals surface area contributed by atoms with Crippen molar-refractivity contribution in [3.8, 4) is 5.75 Å².